The van der Waals surface area contributed by atoms with Crippen LogP contribution in [0.2, 0.25) is 5.02 Å². The number of carbonyl (C=O) groups is 2. The molecular weight excluding hydrogens is 533 g/mol. The molecule has 0 saturated heterocycles. The molecule has 1 aliphatic heterocycles. The average Bonchev–Trinajstić information content (AvgIpc) is 3.18. The standard InChI is InChI=1S/C26H19ClF5N3O3/c27-18-2-1-13(28)8-16(18)23-22-17(25(38)35-23)9-15(33-19-3-4-21(19)36)10-20(22)34-24(37)11-5-12(26(30,31)32)7-14(29)6-11/h1-2,5-10,19,21,23,33,36H,3-4H2,(H,34,37)(H,35,38)/t19-,21-,23?/m1/s1. The lowest BCUT2D eigenvalue weighted by atomic mass is 9.88. The van der Waals surface area contributed by atoms with Crippen LogP contribution in [0.5, 0.6) is 0 Å². The average molecular weight is 552 g/mol. The van der Waals surface area contributed by atoms with Crippen molar-refractivity contribution in [3.63, 3.8) is 0 Å². The normalized spacial score (nSPS) is 20.4. The number of aliphatic hydroxyl groups excluding tert-OH is 1. The molecule has 0 radical (unpaired) electrons. The third kappa shape index (κ3) is 4.91. The first-order valence-electron chi connectivity index (χ1n) is 11.5. The summed E-state index contributed by atoms with van der Waals surface area (Å²) >= 11 is 6.27. The summed E-state index contributed by atoms with van der Waals surface area (Å²) in [5.41, 5.74) is -1.11. The Hall–Kier alpha value is -3.70. The van der Waals surface area contributed by atoms with Crippen LogP contribution in [-0.4, -0.2) is 29.1 Å². The van der Waals surface area contributed by atoms with Gasteiger partial charge in [0.15, 0.2) is 0 Å². The number of hydrogen-bond donors (Lipinski definition) is 4. The molecule has 6 nitrogen and oxygen atoms in total. The Balaban J connectivity index is 1.59. The van der Waals surface area contributed by atoms with Crippen molar-refractivity contribution >= 4 is 34.8 Å². The van der Waals surface area contributed by atoms with E-state index < -0.39 is 52.9 Å². The van der Waals surface area contributed by atoms with Crippen molar-refractivity contribution in [2.75, 3.05) is 10.6 Å². The molecule has 1 aliphatic carbocycles. The molecule has 4 N–H and O–H groups in total. The number of carbonyl (C=O) groups excluding carboxylic acids is 2. The van der Waals surface area contributed by atoms with Crippen LogP contribution in [0.25, 0.3) is 0 Å². The van der Waals surface area contributed by atoms with Gasteiger partial charge in [-0.25, -0.2) is 8.78 Å². The molecule has 3 aromatic carbocycles. The molecule has 3 atom stereocenters. The van der Waals surface area contributed by atoms with Crippen LogP contribution in [0.1, 0.15) is 56.3 Å². The minimum atomic E-state index is -4.89. The maximum Gasteiger partial charge on any atom is 0.416 e. The Morgan fingerprint density at radius 1 is 1.03 bits per heavy atom. The first-order chi connectivity index (χ1) is 17.9. The molecule has 3 aromatic rings. The number of nitrogens with one attached hydrogen (secondary N) is 3. The molecule has 38 heavy (non-hydrogen) atoms. The lowest BCUT2D eigenvalue weighted by Gasteiger charge is -2.34. The van der Waals surface area contributed by atoms with Gasteiger partial charge < -0.3 is 21.1 Å². The van der Waals surface area contributed by atoms with Gasteiger partial charge >= 0.3 is 6.18 Å². The molecule has 1 saturated carbocycles. The van der Waals surface area contributed by atoms with Crippen molar-refractivity contribution < 1.29 is 36.6 Å². The molecule has 1 heterocycles. The fraction of sp³-hybridized carbons (Fsp3) is 0.231. The summed E-state index contributed by atoms with van der Waals surface area (Å²) in [5, 5.41) is 18.3. The van der Waals surface area contributed by atoms with Crippen LogP contribution in [0, 0.1) is 11.6 Å². The van der Waals surface area contributed by atoms with Gasteiger partial charge in [0, 0.05) is 38.7 Å². The lowest BCUT2D eigenvalue weighted by molar-refractivity contribution is -0.137. The third-order valence-corrected chi connectivity index (χ3v) is 6.93. The minimum absolute atomic E-state index is 0.00492. The molecule has 0 bridgehead atoms. The van der Waals surface area contributed by atoms with Crippen molar-refractivity contribution in [3.8, 4) is 0 Å². The van der Waals surface area contributed by atoms with Crippen molar-refractivity contribution in [2.45, 2.75) is 37.2 Å². The van der Waals surface area contributed by atoms with Crippen molar-refractivity contribution in [3.05, 3.63) is 93.0 Å². The fourth-order valence-electron chi connectivity index (χ4n) is 4.53. The van der Waals surface area contributed by atoms with Crippen LogP contribution in [0.15, 0.2) is 48.5 Å². The summed E-state index contributed by atoms with van der Waals surface area (Å²) in [6, 6.07) is 6.59. The van der Waals surface area contributed by atoms with E-state index in [1.165, 1.54) is 18.2 Å². The largest absolute Gasteiger partial charge is 0.416 e. The number of rotatable bonds is 5. The van der Waals surface area contributed by atoms with Gasteiger partial charge in [-0.2, -0.15) is 13.2 Å². The Morgan fingerprint density at radius 2 is 1.79 bits per heavy atom. The second kappa shape index (κ2) is 9.55. The van der Waals surface area contributed by atoms with Crippen molar-refractivity contribution in [1.29, 1.82) is 0 Å². The predicted octanol–water partition coefficient (Wildman–Crippen LogP) is 5.66. The summed E-state index contributed by atoms with van der Waals surface area (Å²) in [6.45, 7) is 0. The zero-order valence-electron chi connectivity index (χ0n) is 19.3. The Kier molecular flexibility index (Phi) is 6.52. The zero-order chi connectivity index (χ0) is 27.4. The highest BCUT2D eigenvalue weighted by atomic mass is 35.5. The van der Waals surface area contributed by atoms with Gasteiger partial charge in [-0.3, -0.25) is 9.59 Å². The maximum atomic E-state index is 14.1. The molecule has 0 spiro atoms. The smallest absolute Gasteiger partial charge is 0.391 e. The molecule has 1 fully saturated rings. The van der Waals surface area contributed by atoms with Crippen molar-refractivity contribution in [1.82, 2.24) is 5.32 Å². The summed E-state index contributed by atoms with van der Waals surface area (Å²) in [5.74, 6) is -3.52. The highest BCUT2D eigenvalue weighted by Gasteiger charge is 2.36. The zero-order valence-corrected chi connectivity index (χ0v) is 20.1. The highest BCUT2D eigenvalue weighted by Crippen LogP contribution is 2.42. The number of hydrogen-bond acceptors (Lipinski definition) is 4. The van der Waals surface area contributed by atoms with E-state index in [4.69, 9.17) is 11.6 Å². The molecular formula is C26H19ClF5N3O3. The number of aliphatic hydroxyl groups is 1. The first-order valence-corrected chi connectivity index (χ1v) is 11.9. The summed E-state index contributed by atoms with van der Waals surface area (Å²) in [7, 11) is 0. The van der Waals surface area contributed by atoms with Crippen LogP contribution < -0.4 is 16.0 Å². The van der Waals surface area contributed by atoms with Gasteiger partial charge in [-0.15, -0.1) is 0 Å². The molecule has 12 heteroatoms. The Bertz CT molecular complexity index is 1460. The van der Waals surface area contributed by atoms with E-state index in [2.05, 4.69) is 16.0 Å². The molecule has 2 aliphatic rings. The summed E-state index contributed by atoms with van der Waals surface area (Å²) in [6.07, 6.45) is -4.28. The minimum Gasteiger partial charge on any atom is -0.391 e. The number of anilines is 2. The molecule has 2 amide bonds. The van der Waals surface area contributed by atoms with E-state index >= 15 is 0 Å². The van der Waals surface area contributed by atoms with Crippen LogP contribution in [0.4, 0.5) is 33.3 Å². The van der Waals surface area contributed by atoms with Crippen LogP contribution in [0.3, 0.4) is 0 Å². The van der Waals surface area contributed by atoms with Gasteiger partial charge in [0.05, 0.1) is 23.8 Å². The molecule has 1 unspecified atom stereocenters. The van der Waals surface area contributed by atoms with Gasteiger partial charge in [0.25, 0.3) is 11.8 Å². The van der Waals surface area contributed by atoms with E-state index in [9.17, 15) is 36.6 Å². The second-order valence-corrected chi connectivity index (χ2v) is 9.54. The van der Waals surface area contributed by atoms with Gasteiger partial charge in [0.2, 0.25) is 0 Å². The predicted molar refractivity (Wildman–Crippen MR) is 129 cm³/mol. The number of alkyl halides is 3. The Morgan fingerprint density at radius 3 is 2.45 bits per heavy atom. The van der Waals surface area contributed by atoms with E-state index in [-0.39, 0.29) is 39.5 Å². The molecule has 198 valence electrons. The van der Waals surface area contributed by atoms with Gasteiger partial charge in [-0.05, 0) is 61.4 Å². The van der Waals surface area contributed by atoms with E-state index in [1.807, 2.05) is 0 Å². The number of fused-ring (bicyclic) bond motifs is 1. The molecule has 0 aromatic heterocycles. The summed E-state index contributed by atoms with van der Waals surface area (Å²) < 4.78 is 67.6. The van der Waals surface area contributed by atoms with Gasteiger partial charge in [0.1, 0.15) is 11.6 Å². The fourth-order valence-corrected chi connectivity index (χ4v) is 4.76. The van der Waals surface area contributed by atoms with Crippen LogP contribution >= 0.6 is 11.6 Å². The highest BCUT2D eigenvalue weighted by molar-refractivity contribution is 6.31. The second-order valence-electron chi connectivity index (χ2n) is 9.13. The number of amides is 2. The number of benzene rings is 3. The lowest BCUT2D eigenvalue weighted by Crippen LogP contribution is -2.42. The number of halogens is 6. The van der Waals surface area contributed by atoms with Crippen LogP contribution in [-0.2, 0) is 6.18 Å². The first kappa shape index (κ1) is 25.9. The van der Waals surface area contributed by atoms with Crippen molar-refractivity contribution in [2.24, 2.45) is 0 Å². The molecule has 5 rings (SSSR count). The van der Waals surface area contributed by atoms with Gasteiger partial charge in [-0.1, -0.05) is 11.6 Å². The monoisotopic (exact) mass is 551 g/mol. The van der Waals surface area contributed by atoms with E-state index in [0.29, 0.717) is 30.7 Å². The topological polar surface area (TPSA) is 90.5 Å². The third-order valence-electron chi connectivity index (χ3n) is 6.58. The van der Waals surface area contributed by atoms with E-state index in [0.717, 1.165) is 12.1 Å². The Labute approximate surface area is 217 Å². The quantitative estimate of drug-likeness (QED) is 0.308. The van der Waals surface area contributed by atoms with E-state index in [1.54, 1.807) is 0 Å². The maximum absolute atomic E-state index is 14.1. The summed E-state index contributed by atoms with van der Waals surface area (Å²) in [4.78, 5) is 26.0. The SMILES string of the molecule is O=C(Nc1cc(N[C@@H]2CC[C@H]2O)cc2c1C(c1cc(F)ccc1Cl)NC2=O)c1cc(F)cc(C(F)(F)F)c1.